The van der Waals surface area contributed by atoms with Gasteiger partial charge in [-0.05, 0) is 29.8 Å². The molecule has 0 saturated heterocycles. The van der Waals surface area contributed by atoms with E-state index in [1.807, 2.05) is 36.4 Å². The van der Waals surface area contributed by atoms with E-state index in [1.54, 1.807) is 24.4 Å². The van der Waals surface area contributed by atoms with Crippen molar-refractivity contribution < 1.29 is 9.53 Å². The van der Waals surface area contributed by atoms with Gasteiger partial charge in [0.25, 0.3) is 0 Å². The Labute approximate surface area is 149 Å². The summed E-state index contributed by atoms with van der Waals surface area (Å²) in [4.78, 5) is 23.8. The molecule has 0 bridgehead atoms. The Kier molecular flexibility index (Phi) is 3.85. The molecule has 0 amide bonds. The molecular weight excluding hydrogens is 328 g/mol. The number of esters is 1. The monoisotopic (exact) mass is 344 g/mol. The number of hydrogen-bond donors (Lipinski definition) is 2. The molecule has 2 aromatic carbocycles. The zero-order valence-corrected chi connectivity index (χ0v) is 14.1. The third-order valence-electron chi connectivity index (χ3n) is 4.18. The molecule has 0 aliphatic heterocycles. The third-order valence-corrected chi connectivity index (χ3v) is 4.18. The van der Waals surface area contributed by atoms with Crippen molar-refractivity contribution in [3.8, 4) is 22.5 Å². The Morgan fingerprint density at radius 1 is 1.08 bits per heavy atom. The lowest BCUT2D eigenvalue weighted by Crippen LogP contribution is -2.00. The molecule has 0 aliphatic carbocycles. The Bertz CT molecular complexity index is 1100. The predicted molar refractivity (Wildman–Crippen MR) is 101 cm³/mol. The molecule has 2 aromatic heterocycles. The highest BCUT2D eigenvalue weighted by Crippen LogP contribution is 2.29. The number of pyridine rings is 1. The van der Waals surface area contributed by atoms with E-state index in [1.165, 1.54) is 7.11 Å². The van der Waals surface area contributed by atoms with Crippen molar-refractivity contribution in [3.63, 3.8) is 0 Å². The number of carbonyl (C=O) groups is 1. The number of carbonyl (C=O) groups excluding carboxylic acids is 1. The lowest BCUT2D eigenvalue weighted by Gasteiger charge is -2.06. The van der Waals surface area contributed by atoms with Crippen LogP contribution in [0.5, 0.6) is 0 Å². The number of anilines is 1. The Balaban J connectivity index is 1.81. The van der Waals surface area contributed by atoms with Crippen LogP contribution in [0.3, 0.4) is 0 Å². The van der Waals surface area contributed by atoms with Gasteiger partial charge in [0.2, 0.25) is 0 Å². The summed E-state index contributed by atoms with van der Waals surface area (Å²) in [5, 5.41) is 0. The third kappa shape index (κ3) is 2.77. The Morgan fingerprint density at radius 2 is 1.88 bits per heavy atom. The maximum absolute atomic E-state index is 11.7. The molecule has 0 radical (unpaired) electrons. The second kappa shape index (κ2) is 6.33. The Morgan fingerprint density at radius 3 is 2.65 bits per heavy atom. The first kappa shape index (κ1) is 15.8. The molecule has 0 atom stereocenters. The van der Waals surface area contributed by atoms with Gasteiger partial charge in [-0.15, -0.1) is 0 Å². The number of benzene rings is 2. The maximum Gasteiger partial charge on any atom is 0.337 e. The molecule has 0 saturated carbocycles. The van der Waals surface area contributed by atoms with Gasteiger partial charge in [0.1, 0.15) is 11.6 Å². The van der Waals surface area contributed by atoms with Crippen molar-refractivity contribution in [1.29, 1.82) is 0 Å². The lowest BCUT2D eigenvalue weighted by atomic mass is 10.1. The first-order valence-electron chi connectivity index (χ1n) is 8.05. The molecule has 3 N–H and O–H groups in total. The minimum absolute atomic E-state index is 0.386. The quantitative estimate of drug-likeness (QED) is 0.553. The minimum atomic E-state index is -0.393. The highest BCUT2D eigenvalue weighted by molar-refractivity contribution is 5.94. The van der Waals surface area contributed by atoms with E-state index in [-0.39, 0.29) is 0 Å². The highest BCUT2D eigenvalue weighted by atomic mass is 16.5. The largest absolute Gasteiger partial charge is 0.465 e. The number of hydrogen-bond acceptors (Lipinski definition) is 5. The second-order valence-corrected chi connectivity index (χ2v) is 5.83. The fraction of sp³-hybridized carbons (Fsp3) is 0.0500. The molecule has 0 aliphatic rings. The molecule has 0 spiro atoms. The topological polar surface area (TPSA) is 93.9 Å². The zero-order chi connectivity index (χ0) is 18.1. The van der Waals surface area contributed by atoms with E-state index in [4.69, 9.17) is 10.5 Å². The van der Waals surface area contributed by atoms with Crippen LogP contribution in [0, 0.1) is 0 Å². The molecular formula is C20H16N4O2. The van der Waals surface area contributed by atoms with Crippen LogP contribution in [0.15, 0.2) is 60.8 Å². The normalized spacial score (nSPS) is 10.8. The second-order valence-electron chi connectivity index (χ2n) is 5.83. The summed E-state index contributed by atoms with van der Waals surface area (Å²) in [7, 11) is 1.35. The molecule has 128 valence electrons. The smallest absolute Gasteiger partial charge is 0.337 e. The summed E-state index contributed by atoms with van der Waals surface area (Å²) in [6.45, 7) is 0. The van der Waals surface area contributed by atoms with Gasteiger partial charge in [-0.25, -0.2) is 14.8 Å². The van der Waals surface area contributed by atoms with E-state index in [2.05, 4.69) is 15.0 Å². The van der Waals surface area contributed by atoms with Crippen LogP contribution in [0.1, 0.15) is 10.4 Å². The van der Waals surface area contributed by atoms with E-state index in [0.29, 0.717) is 22.8 Å². The number of aromatic amines is 1. The molecule has 6 nitrogen and oxygen atoms in total. The van der Waals surface area contributed by atoms with E-state index < -0.39 is 5.97 Å². The summed E-state index contributed by atoms with van der Waals surface area (Å²) in [6.07, 6.45) is 1.74. The number of fused-ring (bicyclic) bond motifs is 1. The average Bonchev–Trinajstić information content (AvgIpc) is 3.11. The molecule has 26 heavy (non-hydrogen) atoms. The molecule has 0 fully saturated rings. The van der Waals surface area contributed by atoms with Crippen LogP contribution >= 0.6 is 0 Å². The number of ether oxygens (including phenoxy) is 1. The molecule has 0 unspecified atom stereocenters. The lowest BCUT2D eigenvalue weighted by molar-refractivity contribution is 0.0601. The highest BCUT2D eigenvalue weighted by Gasteiger charge is 2.13. The summed E-state index contributed by atoms with van der Waals surface area (Å²) < 4.78 is 4.76. The molecule has 2 heterocycles. The minimum Gasteiger partial charge on any atom is -0.465 e. The van der Waals surface area contributed by atoms with E-state index >= 15 is 0 Å². The number of imidazole rings is 1. The van der Waals surface area contributed by atoms with Crippen LogP contribution < -0.4 is 5.73 Å². The molecule has 4 aromatic rings. The molecule has 4 rings (SSSR count). The number of rotatable bonds is 3. The fourth-order valence-corrected chi connectivity index (χ4v) is 2.84. The van der Waals surface area contributed by atoms with Crippen molar-refractivity contribution in [2.45, 2.75) is 0 Å². The number of nitrogens with two attached hydrogens (primary N) is 1. The van der Waals surface area contributed by atoms with Crippen LogP contribution in [-0.4, -0.2) is 28.0 Å². The van der Waals surface area contributed by atoms with Crippen molar-refractivity contribution in [1.82, 2.24) is 15.0 Å². The fourth-order valence-electron chi connectivity index (χ4n) is 2.84. The van der Waals surface area contributed by atoms with Crippen molar-refractivity contribution in [3.05, 3.63) is 66.4 Å². The summed E-state index contributed by atoms with van der Waals surface area (Å²) in [5.41, 5.74) is 10.7. The number of nitrogen functional groups attached to an aromatic ring is 1. The van der Waals surface area contributed by atoms with Crippen molar-refractivity contribution in [2.75, 3.05) is 12.8 Å². The first-order valence-corrected chi connectivity index (χ1v) is 8.05. The summed E-state index contributed by atoms with van der Waals surface area (Å²) in [6, 6.07) is 17.1. The Hall–Kier alpha value is -3.67. The number of aromatic nitrogens is 3. The predicted octanol–water partition coefficient (Wildman–Crippen LogP) is 3.66. The van der Waals surface area contributed by atoms with Gasteiger partial charge >= 0.3 is 5.97 Å². The maximum atomic E-state index is 11.7. The van der Waals surface area contributed by atoms with Gasteiger partial charge in [0.15, 0.2) is 0 Å². The standard InChI is InChI=1S/C20H16N4O2/c1-26-20(25)13-7-8-16-17(10-13)24-19(23-16)15-9-14(11-22-18(15)21)12-5-3-2-4-6-12/h2-11H,1H3,(H2,21,22)(H,23,24). The average molecular weight is 344 g/mol. The first-order chi connectivity index (χ1) is 12.7. The summed E-state index contributed by atoms with van der Waals surface area (Å²) >= 11 is 0. The van der Waals surface area contributed by atoms with E-state index in [0.717, 1.165) is 22.2 Å². The van der Waals surface area contributed by atoms with E-state index in [9.17, 15) is 4.79 Å². The van der Waals surface area contributed by atoms with Gasteiger partial charge < -0.3 is 15.5 Å². The van der Waals surface area contributed by atoms with Crippen LogP contribution in [0.25, 0.3) is 33.5 Å². The van der Waals surface area contributed by atoms with Gasteiger partial charge in [-0.2, -0.15) is 0 Å². The van der Waals surface area contributed by atoms with Crippen LogP contribution in [0.4, 0.5) is 5.82 Å². The van der Waals surface area contributed by atoms with Gasteiger partial charge in [0, 0.05) is 11.8 Å². The van der Waals surface area contributed by atoms with Crippen molar-refractivity contribution >= 4 is 22.8 Å². The van der Waals surface area contributed by atoms with Crippen molar-refractivity contribution in [2.24, 2.45) is 0 Å². The van der Waals surface area contributed by atoms with Crippen LogP contribution in [-0.2, 0) is 4.74 Å². The SMILES string of the molecule is COC(=O)c1ccc2nc(-c3cc(-c4ccccc4)cnc3N)[nH]c2c1. The zero-order valence-electron chi connectivity index (χ0n) is 14.1. The number of nitrogens with zero attached hydrogens (tertiary/aromatic N) is 2. The van der Waals surface area contributed by atoms with Gasteiger partial charge in [-0.3, -0.25) is 0 Å². The number of nitrogens with one attached hydrogen (secondary N) is 1. The van der Waals surface area contributed by atoms with Crippen LogP contribution in [0.2, 0.25) is 0 Å². The summed E-state index contributed by atoms with van der Waals surface area (Å²) in [5.74, 6) is 0.594. The number of H-pyrrole nitrogens is 1. The number of methoxy groups -OCH3 is 1. The molecule has 6 heteroatoms. The van der Waals surface area contributed by atoms with Gasteiger partial charge in [0.05, 0.1) is 29.3 Å². The van der Waals surface area contributed by atoms with Gasteiger partial charge in [-0.1, -0.05) is 30.3 Å².